The van der Waals surface area contributed by atoms with E-state index >= 15 is 0 Å². The molecule has 1 aromatic heterocycles. The molecule has 1 atom stereocenters. The molecule has 1 unspecified atom stereocenters. The maximum Gasteiger partial charge on any atom is 0.242 e. The Morgan fingerprint density at radius 2 is 1.90 bits per heavy atom. The van der Waals surface area contributed by atoms with Crippen molar-refractivity contribution in [3.05, 3.63) is 47.7 Å². The molecule has 0 aliphatic rings. The fourth-order valence-electron chi connectivity index (χ4n) is 1.92. The van der Waals surface area contributed by atoms with Crippen LogP contribution in [-0.2, 0) is 11.3 Å². The van der Waals surface area contributed by atoms with Gasteiger partial charge in [-0.1, -0.05) is 37.3 Å². The first-order chi connectivity index (χ1) is 9.99. The van der Waals surface area contributed by atoms with Crippen LogP contribution < -0.4 is 5.32 Å². The summed E-state index contributed by atoms with van der Waals surface area (Å²) in [5, 5.41) is 11.6. The van der Waals surface area contributed by atoms with Crippen molar-refractivity contribution >= 4 is 0 Å². The Morgan fingerprint density at radius 3 is 2.52 bits per heavy atom. The van der Waals surface area contributed by atoms with Gasteiger partial charge in [-0.05, 0) is 32.9 Å². The molecule has 1 heterocycles. The van der Waals surface area contributed by atoms with Gasteiger partial charge in [-0.25, -0.2) is 0 Å². The largest absolute Gasteiger partial charge is 0.421 e. The first-order valence-corrected chi connectivity index (χ1v) is 7.24. The van der Waals surface area contributed by atoms with Crippen LogP contribution in [-0.4, -0.2) is 22.3 Å². The molecule has 0 saturated heterocycles. The highest BCUT2D eigenvalue weighted by molar-refractivity contribution is 5.23. The van der Waals surface area contributed by atoms with Gasteiger partial charge in [0.1, 0.15) is 12.6 Å². The predicted octanol–water partition coefficient (Wildman–Crippen LogP) is 3.08. The van der Waals surface area contributed by atoms with Crippen molar-refractivity contribution in [3.8, 4) is 0 Å². The number of aromatic nitrogens is 2. The summed E-state index contributed by atoms with van der Waals surface area (Å²) in [4.78, 5) is 0. The lowest BCUT2D eigenvalue weighted by molar-refractivity contribution is -0.0248. The zero-order valence-corrected chi connectivity index (χ0v) is 13.1. The third-order valence-corrected chi connectivity index (χ3v) is 2.90. The molecule has 5 heteroatoms. The van der Waals surface area contributed by atoms with Gasteiger partial charge >= 0.3 is 0 Å². The van der Waals surface area contributed by atoms with E-state index in [0.717, 1.165) is 12.1 Å². The second kappa shape index (κ2) is 6.83. The van der Waals surface area contributed by atoms with Gasteiger partial charge in [0.05, 0.1) is 5.60 Å². The summed E-state index contributed by atoms with van der Waals surface area (Å²) in [5.74, 6) is 1.06. The molecule has 0 amide bonds. The number of hydrogen-bond acceptors (Lipinski definition) is 5. The molecular formula is C16H23N3O2. The Labute approximate surface area is 125 Å². The van der Waals surface area contributed by atoms with Crippen LogP contribution in [0.25, 0.3) is 0 Å². The molecule has 0 spiro atoms. The SMILES string of the molecule is CCNC(c1ccccc1)c1nnc(COC(C)(C)C)o1. The van der Waals surface area contributed by atoms with Crippen LogP contribution in [0.3, 0.4) is 0 Å². The summed E-state index contributed by atoms with van der Waals surface area (Å²) < 4.78 is 11.4. The lowest BCUT2D eigenvalue weighted by Gasteiger charge is -2.17. The second-order valence-corrected chi connectivity index (χ2v) is 5.84. The van der Waals surface area contributed by atoms with E-state index in [0.29, 0.717) is 18.4 Å². The van der Waals surface area contributed by atoms with E-state index in [1.54, 1.807) is 0 Å². The minimum atomic E-state index is -0.227. The van der Waals surface area contributed by atoms with E-state index in [1.807, 2.05) is 51.1 Å². The summed E-state index contributed by atoms with van der Waals surface area (Å²) in [7, 11) is 0. The first kappa shape index (κ1) is 15.7. The fraction of sp³-hybridized carbons (Fsp3) is 0.500. The Morgan fingerprint density at radius 1 is 1.19 bits per heavy atom. The molecule has 0 saturated carbocycles. The number of nitrogens with one attached hydrogen (secondary N) is 1. The molecule has 0 radical (unpaired) electrons. The maximum atomic E-state index is 5.74. The second-order valence-electron chi connectivity index (χ2n) is 5.84. The minimum absolute atomic E-state index is 0.0907. The van der Waals surface area contributed by atoms with Gasteiger partial charge in [-0.15, -0.1) is 10.2 Å². The topological polar surface area (TPSA) is 60.2 Å². The standard InChI is InChI=1S/C16H23N3O2/c1-5-17-14(12-9-7-6-8-10-12)15-19-18-13(21-15)11-20-16(2,3)4/h6-10,14,17H,5,11H2,1-4H3. The minimum Gasteiger partial charge on any atom is -0.421 e. The average molecular weight is 289 g/mol. The summed E-state index contributed by atoms with van der Waals surface area (Å²) in [6.45, 7) is 9.18. The van der Waals surface area contributed by atoms with Crippen LogP contribution >= 0.6 is 0 Å². The molecule has 0 bridgehead atoms. The average Bonchev–Trinajstić information content (AvgIpc) is 2.91. The summed E-state index contributed by atoms with van der Waals surface area (Å²) >= 11 is 0. The molecule has 0 aliphatic heterocycles. The number of ether oxygens (including phenoxy) is 1. The Kier molecular flexibility index (Phi) is 5.09. The summed E-state index contributed by atoms with van der Waals surface area (Å²) in [6.07, 6.45) is 0. The Hall–Kier alpha value is -1.72. The van der Waals surface area contributed by atoms with Crippen LogP contribution in [0.5, 0.6) is 0 Å². The van der Waals surface area contributed by atoms with Crippen molar-refractivity contribution in [3.63, 3.8) is 0 Å². The van der Waals surface area contributed by atoms with Crippen LogP contribution in [0.15, 0.2) is 34.7 Å². The fourth-order valence-corrected chi connectivity index (χ4v) is 1.92. The van der Waals surface area contributed by atoms with Crippen molar-refractivity contribution < 1.29 is 9.15 Å². The van der Waals surface area contributed by atoms with Crippen molar-refractivity contribution in [1.82, 2.24) is 15.5 Å². The van der Waals surface area contributed by atoms with Gasteiger partial charge in [-0.3, -0.25) is 0 Å². The predicted molar refractivity (Wildman–Crippen MR) is 80.8 cm³/mol. The highest BCUT2D eigenvalue weighted by Gasteiger charge is 2.20. The van der Waals surface area contributed by atoms with Gasteiger partial charge in [0, 0.05) is 0 Å². The molecule has 1 N–H and O–H groups in total. The van der Waals surface area contributed by atoms with Crippen LogP contribution in [0, 0.1) is 0 Å². The number of hydrogen-bond donors (Lipinski definition) is 1. The van der Waals surface area contributed by atoms with Crippen molar-refractivity contribution in [2.45, 2.75) is 45.9 Å². The smallest absolute Gasteiger partial charge is 0.242 e. The third kappa shape index (κ3) is 4.65. The van der Waals surface area contributed by atoms with E-state index < -0.39 is 0 Å². The van der Waals surface area contributed by atoms with Gasteiger partial charge in [0.25, 0.3) is 0 Å². The van der Waals surface area contributed by atoms with Crippen LogP contribution in [0.1, 0.15) is 51.1 Å². The molecule has 114 valence electrons. The Balaban J connectivity index is 2.13. The first-order valence-electron chi connectivity index (χ1n) is 7.24. The molecule has 2 rings (SSSR count). The Bertz CT molecular complexity index is 546. The number of rotatable bonds is 6. The van der Waals surface area contributed by atoms with Crippen molar-refractivity contribution in [1.29, 1.82) is 0 Å². The van der Waals surface area contributed by atoms with Gasteiger partial charge in [-0.2, -0.15) is 0 Å². The van der Waals surface area contributed by atoms with Gasteiger partial charge < -0.3 is 14.5 Å². The zero-order valence-electron chi connectivity index (χ0n) is 13.1. The molecule has 21 heavy (non-hydrogen) atoms. The van der Waals surface area contributed by atoms with E-state index in [1.165, 1.54) is 0 Å². The van der Waals surface area contributed by atoms with Gasteiger partial charge in [0.2, 0.25) is 11.8 Å². The number of benzene rings is 1. The van der Waals surface area contributed by atoms with Crippen molar-refractivity contribution in [2.75, 3.05) is 6.54 Å². The van der Waals surface area contributed by atoms with Crippen LogP contribution in [0.2, 0.25) is 0 Å². The van der Waals surface area contributed by atoms with E-state index in [4.69, 9.17) is 9.15 Å². The van der Waals surface area contributed by atoms with E-state index in [2.05, 4.69) is 22.4 Å². The van der Waals surface area contributed by atoms with E-state index in [9.17, 15) is 0 Å². The lowest BCUT2D eigenvalue weighted by atomic mass is 10.1. The summed E-state index contributed by atoms with van der Waals surface area (Å²) in [5.41, 5.74) is 0.876. The zero-order chi connectivity index (χ0) is 15.3. The highest BCUT2D eigenvalue weighted by atomic mass is 16.5. The molecule has 5 nitrogen and oxygen atoms in total. The van der Waals surface area contributed by atoms with Gasteiger partial charge in [0.15, 0.2) is 0 Å². The molecule has 0 aliphatic carbocycles. The molecule has 0 fully saturated rings. The quantitative estimate of drug-likeness (QED) is 0.885. The normalized spacial score (nSPS) is 13.3. The van der Waals surface area contributed by atoms with E-state index in [-0.39, 0.29) is 11.6 Å². The lowest BCUT2D eigenvalue weighted by Crippen LogP contribution is -2.22. The summed E-state index contributed by atoms with van der Waals surface area (Å²) in [6, 6.07) is 9.99. The highest BCUT2D eigenvalue weighted by Crippen LogP contribution is 2.21. The third-order valence-electron chi connectivity index (χ3n) is 2.90. The maximum absolute atomic E-state index is 5.74. The monoisotopic (exact) mass is 289 g/mol. The van der Waals surface area contributed by atoms with Crippen molar-refractivity contribution in [2.24, 2.45) is 0 Å². The molecular weight excluding hydrogens is 266 g/mol. The van der Waals surface area contributed by atoms with Crippen LogP contribution in [0.4, 0.5) is 0 Å². The molecule has 1 aromatic carbocycles. The number of nitrogens with zero attached hydrogens (tertiary/aromatic N) is 2. The molecule has 2 aromatic rings.